The van der Waals surface area contributed by atoms with E-state index in [9.17, 15) is 19.2 Å². The van der Waals surface area contributed by atoms with Gasteiger partial charge in [-0.3, -0.25) is 9.59 Å². The van der Waals surface area contributed by atoms with Crippen molar-refractivity contribution in [3.8, 4) is 0 Å². The molecule has 1 saturated carbocycles. The van der Waals surface area contributed by atoms with Gasteiger partial charge in [0.2, 0.25) is 11.8 Å². The van der Waals surface area contributed by atoms with Gasteiger partial charge in [0.05, 0.1) is 13.1 Å². The fraction of sp³-hybridized carbons (Fsp3) is 0.667. The summed E-state index contributed by atoms with van der Waals surface area (Å²) in [6.45, 7) is -0.708. The van der Waals surface area contributed by atoms with Crippen LogP contribution in [0.3, 0.4) is 0 Å². The number of nitrogens with one attached hydrogen (secondary N) is 4. The SMILES string of the molecule is O=C(O)NCC(=O)N[C@@H]1CCCC[C@H]1NC(=O)CNC(=O)O. The fourth-order valence-electron chi connectivity index (χ4n) is 2.30. The van der Waals surface area contributed by atoms with E-state index in [1.165, 1.54) is 0 Å². The molecule has 0 heterocycles. The van der Waals surface area contributed by atoms with E-state index in [2.05, 4.69) is 10.6 Å². The molecule has 0 radical (unpaired) electrons. The van der Waals surface area contributed by atoms with Gasteiger partial charge in [-0.2, -0.15) is 0 Å². The second-order valence-corrected chi connectivity index (χ2v) is 4.95. The Hall–Kier alpha value is -2.52. The third-order valence-electron chi connectivity index (χ3n) is 3.26. The van der Waals surface area contributed by atoms with Crippen molar-refractivity contribution in [3.63, 3.8) is 0 Å². The lowest BCUT2D eigenvalue weighted by Gasteiger charge is -2.32. The predicted octanol–water partition coefficient (Wildman–Crippen LogP) is -0.935. The molecule has 10 nitrogen and oxygen atoms in total. The molecule has 0 aromatic heterocycles. The highest BCUT2D eigenvalue weighted by Gasteiger charge is 2.27. The Kier molecular flexibility index (Phi) is 6.93. The zero-order valence-corrected chi connectivity index (χ0v) is 11.9. The van der Waals surface area contributed by atoms with Crippen LogP contribution in [0.1, 0.15) is 25.7 Å². The lowest BCUT2D eigenvalue weighted by Crippen LogP contribution is -2.55. The van der Waals surface area contributed by atoms with Gasteiger partial charge in [-0.1, -0.05) is 12.8 Å². The molecule has 1 fully saturated rings. The van der Waals surface area contributed by atoms with E-state index < -0.39 is 24.0 Å². The lowest BCUT2D eigenvalue weighted by molar-refractivity contribution is -0.124. The maximum absolute atomic E-state index is 11.6. The van der Waals surface area contributed by atoms with Crippen molar-refractivity contribution in [1.29, 1.82) is 0 Å². The molecule has 124 valence electrons. The summed E-state index contributed by atoms with van der Waals surface area (Å²) >= 11 is 0. The summed E-state index contributed by atoms with van der Waals surface area (Å²) in [6, 6.07) is -0.601. The number of carbonyl (C=O) groups excluding carboxylic acids is 2. The highest BCUT2D eigenvalue weighted by atomic mass is 16.4. The van der Waals surface area contributed by atoms with Crippen LogP contribution in [0, 0.1) is 0 Å². The zero-order chi connectivity index (χ0) is 16.5. The van der Waals surface area contributed by atoms with Crippen LogP contribution in [0.5, 0.6) is 0 Å². The highest BCUT2D eigenvalue weighted by Crippen LogP contribution is 2.18. The van der Waals surface area contributed by atoms with E-state index in [0.29, 0.717) is 12.8 Å². The normalized spacial score (nSPS) is 20.5. The average Bonchev–Trinajstić information content (AvgIpc) is 2.45. The number of rotatable bonds is 6. The minimum absolute atomic E-state index is 0.300. The molecule has 1 aliphatic rings. The molecule has 0 saturated heterocycles. The molecular formula is C12H20N4O6. The molecular weight excluding hydrogens is 296 g/mol. The smallest absolute Gasteiger partial charge is 0.405 e. The van der Waals surface area contributed by atoms with Gasteiger partial charge in [-0.05, 0) is 12.8 Å². The Morgan fingerprint density at radius 1 is 0.773 bits per heavy atom. The van der Waals surface area contributed by atoms with Crippen LogP contribution < -0.4 is 21.3 Å². The van der Waals surface area contributed by atoms with Gasteiger partial charge in [0.15, 0.2) is 0 Å². The molecule has 0 aromatic rings. The second kappa shape index (κ2) is 8.70. The number of carboxylic acid groups (broad SMARTS) is 2. The van der Waals surface area contributed by atoms with Crippen LogP contribution in [-0.4, -0.2) is 59.4 Å². The maximum Gasteiger partial charge on any atom is 0.405 e. The number of hydrogen-bond donors (Lipinski definition) is 6. The summed E-state index contributed by atoms with van der Waals surface area (Å²) in [7, 11) is 0. The molecule has 1 rings (SSSR count). The second-order valence-electron chi connectivity index (χ2n) is 4.95. The standard InChI is InChI=1S/C12H20N4O6/c17-9(5-13-11(19)20)15-7-3-1-2-4-8(7)16-10(18)6-14-12(21)22/h7-8,13-14H,1-6H2,(H,15,17)(H,16,18)(H,19,20)(H,21,22)/t7-,8-/m1/s1. The van der Waals surface area contributed by atoms with E-state index in [0.717, 1.165) is 12.8 Å². The highest BCUT2D eigenvalue weighted by molar-refractivity contribution is 5.83. The molecule has 0 unspecified atom stereocenters. The maximum atomic E-state index is 11.6. The van der Waals surface area contributed by atoms with Crippen molar-refractivity contribution >= 4 is 24.0 Å². The number of carbonyl (C=O) groups is 4. The minimum atomic E-state index is -1.29. The number of hydrogen-bond acceptors (Lipinski definition) is 4. The number of amides is 4. The summed E-state index contributed by atoms with van der Waals surface area (Å²) in [5.41, 5.74) is 0. The van der Waals surface area contributed by atoms with E-state index in [4.69, 9.17) is 10.2 Å². The van der Waals surface area contributed by atoms with Crippen LogP contribution in [0.2, 0.25) is 0 Å². The van der Waals surface area contributed by atoms with E-state index in [1.807, 2.05) is 10.6 Å². The fourth-order valence-corrected chi connectivity index (χ4v) is 2.30. The Bertz CT molecular complexity index is 401. The van der Waals surface area contributed by atoms with Crippen LogP contribution in [0.4, 0.5) is 9.59 Å². The summed E-state index contributed by atoms with van der Waals surface area (Å²) < 4.78 is 0. The Labute approximate surface area is 126 Å². The van der Waals surface area contributed by atoms with E-state index in [-0.39, 0.29) is 25.2 Å². The van der Waals surface area contributed by atoms with Gasteiger partial charge < -0.3 is 31.5 Å². The van der Waals surface area contributed by atoms with Gasteiger partial charge in [0, 0.05) is 12.1 Å². The molecule has 0 bridgehead atoms. The molecule has 6 N–H and O–H groups in total. The monoisotopic (exact) mass is 316 g/mol. The minimum Gasteiger partial charge on any atom is -0.465 e. The molecule has 10 heteroatoms. The molecule has 22 heavy (non-hydrogen) atoms. The first-order chi connectivity index (χ1) is 10.4. The first-order valence-corrected chi connectivity index (χ1v) is 6.91. The van der Waals surface area contributed by atoms with Gasteiger partial charge in [-0.15, -0.1) is 0 Å². The molecule has 0 spiro atoms. The predicted molar refractivity (Wildman–Crippen MR) is 74.4 cm³/mol. The van der Waals surface area contributed by atoms with Gasteiger partial charge in [-0.25, -0.2) is 9.59 Å². The molecule has 2 atom stereocenters. The van der Waals surface area contributed by atoms with Crippen LogP contribution in [0.15, 0.2) is 0 Å². The largest absolute Gasteiger partial charge is 0.465 e. The van der Waals surface area contributed by atoms with Crippen LogP contribution >= 0.6 is 0 Å². The van der Waals surface area contributed by atoms with Crippen LogP contribution in [-0.2, 0) is 9.59 Å². The summed E-state index contributed by atoms with van der Waals surface area (Å²) in [5.74, 6) is -0.950. The van der Waals surface area contributed by atoms with Crippen molar-refractivity contribution in [2.45, 2.75) is 37.8 Å². The van der Waals surface area contributed by atoms with Crippen molar-refractivity contribution < 1.29 is 29.4 Å². The van der Waals surface area contributed by atoms with Gasteiger partial charge >= 0.3 is 12.2 Å². The average molecular weight is 316 g/mol. The summed E-state index contributed by atoms with van der Waals surface area (Å²) in [4.78, 5) is 43.9. The zero-order valence-electron chi connectivity index (χ0n) is 11.9. The van der Waals surface area contributed by atoms with E-state index in [1.54, 1.807) is 0 Å². The summed E-state index contributed by atoms with van der Waals surface area (Å²) in [6.07, 6.45) is 0.521. The van der Waals surface area contributed by atoms with Crippen molar-refractivity contribution in [1.82, 2.24) is 21.3 Å². The van der Waals surface area contributed by atoms with Gasteiger partial charge in [0.25, 0.3) is 0 Å². The first-order valence-electron chi connectivity index (χ1n) is 6.91. The first kappa shape index (κ1) is 17.5. The topological polar surface area (TPSA) is 157 Å². The Morgan fingerprint density at radius 3 is 1.45 bits per heavy atom. The Morgan fingerprint density at radius 2 is 1.14 bits per heavy atom. The van der Waals surface area contributed by atoms with Gasteiger partial charge in [0.1, 0.15) is 0 Å². The Balaban J connectivity index is 2.45. The lowest BCUT2D eigenvalue weighted by atomic mass is 9.90. The molecule has 0 aromatic carbocycles. The van der Waals surface area contributed by atoms with Crippen LogP contribution in [0.25, 0.3) is 0 Å². The van der Waals surface area contributed by atoms with Crippen molar-refractivity contribution in [3.05, 3.63) is 0 Å². The van der Waals surface area contributed by atoms with Crippen molar-refractivity contribution in [2.24, 2.45) is 0 Å². The quantitative estimate of drug-likeness (QED) is 0.371. The van der Waals surface area contributed by atoms with E-state index >= 15 is 0 Å². The molecule has 4 amide bonds. The third kappa shape index (κ3) is 6.77. The summed E-state index contributed by atoms with van der Waals surface area (Å²) in [5, 5.41) is 26.2. The molecule has 0 aliphatic heterocycles. The third-order valence-corrected chi connectivity index (χ3v) is 3.26. The molecule has 1 aliphatic carbocycles. The van der Waals surface area contributed by atoms with Crippen molar-refractivity contribution in [2.75, 3.05) is 13.1 Å².